The van der Waals surface area contributed by atoms with Crippen LogP contribution >= 0.6 is 11.6 Å². The predicted molar refractivity (Wildman–Crippen MR) is 100 cm³/mol. The zero-order valence-corrected chi connectivity index (χ0v) is 15.2. The summed E-state index contributed by atoms with van der Waals surface area (Å²) in [5, 5.41) is 2.22. The zero-order valence-electron chi connectivity index (χ0n) is 14.4. The molecule has 2 saturated carbocycles. The Balaban J connectivity index is 1.57. The molecule has 4 atom stereocenters. The van der Waals surface area contributed by atoms with Gasteiger partial charge in [-0.15, -0.1) is 0 Å². The molecule has 0 radical (unpaired) electrons. The number of rotatable bonds is 2. The Labute approximate surface area is 149 Å². The SMILES string of the molecule is CC[C@@H]1CC[C@@H]2CC(c3cc(F)c4cc(Cl)ccc4c3)CCC2C1. The van der Waals surface area contributed by atoms with Crippen LogP contribution in [0.5, 0.6) is 0 Å². The van der Waals surface area contributed by atoms with Gasteiger partial charge in [0.1, 0.15) is 5.82 Å². The largest absolute Gasteiger partial charge is 0.206 e. The van der Waals surface area contributed by atoms with Crippen molar-refractivity contribution in [2.24, 2.45) is 17.8 Å². The second-order valence-corrected chi connectivity index (χ2v) is 8.42. The second kappa shape index (κ2) is 6.67. The van der Waals surface area contributed by atoms with Crippen molar-refractivity contribution in [1.82, 2.24) is 0 Å². The van der Waals surface area contributed by atoms with Crippen LogP contribution in [0.25, 0.3) is 10.8 Å². The molecule has 2 aromatic carbocycles. The van der Waals surface area contributed by atoms with Gasteiger partial charge in [-0.05, 0) is 84.9 Å². The Morgan fingerprint density at radius 2 is 1.79 bits per heavy atom. The van der Waals surface area contributed by atoms with Gasteiger partial charge in [-0.1, -0.05) is 43.5 Å². The van der Waals surface area contributed by atoms with Crippen LogP contribution in [0.1, 0.15) is 63.4 Å². The highest BCUT2D eigenvalue weighted by Crippen LogP contribution is 2.48. The minimum atomic E-state index is -0.123. The Morgan fingerprint density at radius 1 is 1.00 bits per heavy atom. The molecule has 128 valence electrons. The highest BCUT2D eigenvalue weighted by molar-refractivity contribution is 6.31. The summed E-state index contributed by atoms with van der Waals surface area (Å²) in [6.07, 6.45) is 9.34. The van der Waals surface area contributed by atoms with Crippen LogP contribution in [-0.2, 0) is 0 Å². The van der Waals surface area contributed by atoms with E-state index >= 15 is 0 Å². The van der Waals surface area contributed by atoms with E-state index in [0.29, 0.717) is 16.3 Å². The van der Waals surface area contributed by atoms with Gasteiger partial charge in [0, 0.05) is 10.4 Å². The van der Waals surface area contributed by atoms with E-state index in [9.17, 15) is 4.39 Å². The molecule has 2 fully saturated rings. The molecule has 0 N–H and O–H groups in total. The molecule has 2 aromatic rings. The number of fused-ring (bicyclic) bond motifs is 2. The number of hydrogen-bond donors (Lipinski definition) is 0. The Kier molecular flexibility index (Phi) is 4.56. The molecule has 0 saturated heterocycles. The van der Waals surface area contributed by atoms with Gasteiger partial charge in [-0.25, -0.2) is 4.39 Å². The molecule has 0 amide bonds. The molecule has 0 bridgehead atoms. The molecule has 4 rings (SSSR count). The quantitative estimate of drug-likeness (QED) is 0.534. The predicted octanol–water partition coefficient (Wildman–Crippen LogP) is 7.34. The highest BCUT2D eigenvalue weighted by Gasteiger charge is 2.35. The highest BCUT2D eigenvalue weighted by atomic mass is 35.5. The standard InChI is InChI=1S/C22H26ClF/c1-2-14-3-4-16-10-17(6-5-15(16)9-14)19-11-18-7-8-20(23)13-21(18)22(24)12-19/h7-8,11-17H,2-6,9-10H2,1H3/t14-,15?,16-,17?/m1/s1. The smallest absolute Gasteiger partial charge is 0.131 e. The van der Waals surface area contributed by atoms with Crippen molar-refractivity contribution in [3.8, 4) is 0 Å². The third-order valence-electron chi connectivity index (χ3n) is 6.66. The lowest BCUT2D eigenvalue weighted by Crippen LogP contribution is -2.30. The van der Waals surface area contributed by atoms with Gasteiger partial charge in [0.2, 0.25) is 0 Å². The van der Waals surface area contributed by atoms with E-state index in [0.717, 1.165) is 23.1 Å². The summed E-state index contributed by atoms with van der Waals surface area (Å²) in [7, 11) is 0. The van der Waals surface area contributed by atoms with Gasteiger partial charge < -0.3 is 0 Å². The van der Waals surface area contributed by atoms with Gasteiger partial charge in [-0.3, -0.25) is 0 Å². The summed E-state index contributed by atoms with van der Waals surface area (Å²) < 4.78 is 14.6. The van der Waals surface area contributed by atoms with E-state index in [1.165, 1.54) is 50.5 Å². The van der Waals surface area contributed by atoms with Crippen LogP contribution in [0.4, 0.5) is 4.39 Å². The van der Waals surface area contributed by atoms with Crippen LogP contribution < -0.4 is 0 Å². The topological polar surface area (TPSA) is 0 Å². The number of hydrogen-bond acceptors (Lipinski definition) is 0. The van der Waals surface area contributed by atoms with Crippen LogP contribution in [-0.4, -0.2) is 0 Å². The first kappa shape index (κ1) is 16.4. The monoisotopic (exact) mass is 344 g/mol. The third-order valence-corrected chi connectivity index (χ3v) is 6.89. The van der Waals surface area contributed by atoms with E-state index < -0.39 is 0 Å². The summed E-state index contributed by atoms with van der Waals surface area (Å²) >= 11 is 6.01. The number of halogens is 2. The van der Waals surface area contributed by atoms with E-state index in [4.69, 9.17) is 11.6 Å². The average molecular weight is 345 g/mol. The molecular formula is C22H26ClF. The first-order valence-electron chi connectivity index (χ1n) is 9.52. The Bertz CT molecular complexity index is 738. The van der Waals surface area contributed by atoms with Gasteiger partial charge in [0.05, 0.1) is 0 Å². The molecule has 0 nitrogen and oxygen atoms in total. The van der Waals surface area contributed by atoms with Gasteiger partial charge >= 0.3 is 0 Å². The Morgan fingerprint density at radius 3 is 2.62 bits per heavy atom. The number of benzene rings is 2. The molecule has 2 aliphatic carbocycles. The van der Waals surface area contributed by atoms with Gasteiger partial charge in [0.25, 0.3) is 0 Å². The first-order chi connectivity index (χ1) is 11.6. The molecular weight excluding hydrogens is 319 g/mol. The van der Waals surface area contributed by atoms with E-state index in [-0.39, 0.29) is 5.82 Å². The summed E-state index contributed by atoms with van der Waals surface area (Å²) in [6.45, 7) is 2.33. The summed E-state index contributed by atoms with van der Waals surface area (Å²) in [4.78, 5) is 0. The molecule has 0 aliphatic heterocycles. The van der Waals surface area contributed by atoms with Crippen molar-refractivity contribution in [1.29, 1.82) is 0 Å². The molecule has 2 unspecified atom stereocenters. The maximum absolute atomic E-state index is 14.6. The molecule has 2 heteroatoms. The first-order valence-corrected chi connectivity index (χ1v) is 9.90. The fourth-order valence-electron chi connectivity index (χ4n) is 5.20. The van der Waals surface area contributed by atoms with Crippen LogP contribution in [0.2, 0.25) is 5.02 Å². The molecule has 2 aliphatic rings. The molecule has 24 heavy (non-hydrogen) atoms. The summed E-state index contributed by atoms with van der Waals surface area (Å²) in [6, 6.07) is 9.50. The summed E-state index contributed by atoms with van der Waals surface area (Å²) in [5.41, 5.74) is 1.19. The lowest BCUT2D eigenvalue weighted by Gasteiger charge is -2.42. The fraction of sp³-hybridized carbons (Fsp3) is 0.545. The third kappa shape index (κ3) is 3.08. The van der Waals surface area contributed by atoms with E-state index in [2.05, 4.69) is 13.0 Å². The van der Waals surface area contributed by atoms with E-state index in [1.54, 1.807) is 12.1 Å². The second-order valence-electron chi connectivity index (χ2n) is 7.99. The Hall–Kier alpha value is -1.08. The lowest BCUT2D eigenvalue weighted by atomic mass is 9.63. The van der Waals surface area contributed by atoms with Gasteiger partial charge in [-0.2, -0.15) is 0 Å². The van der Waals surface area contributed by atoms with Crippen LogP contribution in [0.3, 0.4) is 0 Å². The maximum atomic E-state index is 14.6. The maximum Gasteiger partial charge on any atom is 0.131 e. The van der Waals surface area contributed by atoms with E-state index in [1.807, 2.05) is 12.1 Å². The molecule has 0 spiro atoms. The van der Waals surface area contributed by atoms with Crippen molar-refractivity contribution in [3.63, 3.8) is 0 Å². The minimum Gasteiger partial charge on any atom is -0.206 e. The summed E-state index contributed by atoms with van der Waals surface area (Å²) in [5.74, 6) is 3.13. The van der Waals surface area contributed by atoms with Gasteiger partial charge in [0.15, 0.2) is 0 Å². The van der Waals surface area contributed by atoms with Crippen LogP contribution in [0, 0.1) is 23.6 Å². The normalized spacial score (nSPS) is 30.3. The minimum absolute atomic E-state index is 0.123. The van der Waals surface area contributed by atoms with Crippen molar-refractivity contribution in [2.45, 2.75) is 57.8 Å². The van der Waals surface area contributed by atoms with Crippen molar-refractivity contribution in [2.75, 3.05) is 0 Å². The van der Waals surface area contributed by atoms with Crippen LogP contribution in [0.15, 0.2) is 30.3 Å². The van der Waals surface area contributed by atoms with Crippen molar-refractivity contribution >= 4 is 22.4 Å². The van der Waals surface area contributed by atoms with Crippen molar-refractivity contribution in [3.05, 3.63) is 46.7 Å². The lowest BCUT2D eigenvalue weighted by molar-refractivity contribution is 0.116. The molecule has 0 heterocycles. The average Bonchev–Trinajstić information content (AvgIpc) is 2.61. The molecule has 0 aromatic heterocycles. The zero-order chi connectivity index (χ0) is 16.7. The van der Waals surface area contributed by atoms with Crippen molar-refractivity contribution < 1.29 is 4.39 Å². The fourth-order valence-corrected chi connectivity index (χ4v) is 5.37.